The highest BCUT2D eigenvalue weighted by atomic mass is 19.4. The molecule has 0 radical (unpaired) electrons. The lowest BCUT2D eigenvalue weighted by Crippen LogP contribution is -2.61. The van der Waals surface area contributed by atoms with Crippen LogP contribution >= 0.6 is 0 Å². The van der Waals surface area contributed by atoms with E-state index in [1.165, 1.54) is 31.5 Å². The second-order valence-corrected chi connectivity index (χ2v) is 7.95. The molecule has 2 aromatic carbocycles. The van der Waals surface area contributed by atoms with Gasteiger partial charge in [0.25, 0.3) is 11.8 Å². The maximum atomic E-state index is 12.4. The zero-order chi connectivity index (χ0) is 24.6. The molecular weight excluding hydrogens is 437 g/mol. The predicted molar refractivity (Wildman–Crippen MR) is 116 cm³/mol. The van der Waals surface area contributed by atoms with Crippen LogP contribution in [0.15, 0.2) is 48.5 Å². The zero-order valence-corrected chi connectivity index (χ0v) is 18.1. The normalized spacial score (nSPS) is 12.3. The van der Waals surface area contributed by atoms with E-state index in [-0.39, 0.29) is 12.1 Å². The molecule has 0 spiro atoms. The van der Waals surface area contributed by atoms with Crippen LogP contribution in [-0.2, 0) is 11.3 Å². The highest BCUT2D eigenvalue weighted by Gasteiger charge is 2.33. The van der Waals surface area contributed by atoms with E-state index >= 15 is 0 Å². The summed E-state index contributed by atoms with van der Waals surface area (Å²) in [5, 5.41) is 13.7. The molecular formula is C23H25F3N4O3. The van der Waals surface area contributed by atoms with E-state index in [9.17, 15) is 22.8 Å². The fourth-order valence-corrected chi connectivity index (χ4v) is 2.77. The van der Waals surface area contributed by atoms with Crippen LogP contribution in [0.5, 0.6) is 0 Å². The summed E-state index contributed by atoms with van der Waals surface area (Å²) in [7, 11) is 0. The summed E-state index contributed by atoms with van der Waals surface area (Å²) >= 11 is 0. The molecule has 2 amide bonds. The molecule has 0 saturated heterocycles. The lowest BCUT2D eigenvalue weighted by molar-refractivity contribution is -0.132. The van der Waals surface area contributed by atoms with Crippen molar-refractivity contribution in [2.24, 2.45) is 5.73 Å². The van der Waals surface area contributed by atoms with E-state index in [0.717, 1.165) is 0 Å². The summed E-state index contributed by atoms with van der Waals surface area (Å²) in [5.41, 5.74) is 8.56. The van der Waals surface area contributed by atoms with Crippen molar-refractivity contribution in [1.82, 2.24) is 16.1 Å². The van der Waals surface area contributed by atoms with Gasteiger partial charge in [-0.1, -0.05) is 24.0 Å². The SMILES string of the molecule is CC(C)(N)C(NC(=O)c1ccc(C#Cc2ccc(CNCC(F)(F)F)cc2)cc1)C(=O)NO. The van der Waals surface area contributed by atoms with Gasteiger partial charge < -0.3 is 16.4 Å². The number of rotatable bonds is 7. The molecule has 0 bridgehead atoms. The number of amides is 2. The van der Waals surface area contributed by atoms with Gasteiger partial charge in [-0.3, -0.25) is 14.8 Å². The number of hydroxylamine groups is 1. The van der Waals surface area contributed by atoms with E-state index in [1.54, 1.807) is 36.4 Å². The molecule has 2 rings (SSSR count). The molecule has 6 N–H and O–H groups in total. The summed E-state index contributed by atoms with van der Waals surface area (Å²) < 4.78 is 36.5. The van der Waals surface area contributed by atoms with Gasteiger partial charge in [-0.2, -0.15) is 13.2 Å². The van der Waals surface area contributed by atoms with Crippen LogP contribution in [0.1, 0.15) is 40.9 Å². The lowest BCUT2D eigenvalue weighted by atomic mass is 9.95. The maximum Gasteiger partial charge on any atom is 0.401 e. The number of nitrogens with two attached hydrogens (primary N) is 1. The second-order valence-electron chi connectivity index (χ2n) is 7.95. The van der Waals surface area contributed by atoms with Gasteiger partial charge in [-0.05, 0) is 55.8 Å². The van der Waals surface area contributed by atoms with Crippen LogP contribution in [0.3, 0.4) is 0 Å². The third-order valence-corrected chi connectivity index (χ3v) is 4.50. The minimum absolute atomic E-state index is 0.0961. The fourth-order valence-electron chi connectivity index (χ4n) is 2.77. The number of alkyl halides is 3. The number of nitrogens with one attached hydrogen (secondary N) is 3. The monoisotopic (exact) mass is 462 g/mol. The summed E-state index contributed by atoms with van der Waals surface area (Å²) in [5.74, 6) is 4.50. The third-order valence-electron chi connectivity index (χ3n) is 4.50. The first kappa shape index (κ1) is 25.9. The van der Waals surface area contributed by atoms with E-state index in [1.807, 2.05) is 0 Å². The number of hydrogen-bond donors (Lipinski definition) is 5. The van der Waals surface area contributed by atoms with Crippen LogP contribution in [-0.4, -0.2) is 41.3 Å². The van der Waals surface area contributed by atoms with Crippen LogP contribution in [0.2, 0.25) is 0 Å². The molecule has 10 heteroatoms. The quantitative estimate of drug-likeness (QED) is 0.245. The summed E-state index contributed by atoms with van der Waals surface area (Å²) in [6, 6.07) is 12.0. The Labute approximate surface area is 189 Å². The summed E-state index contributed by atoms with van der Waals surface area (Å²) in [4.78, 5) is 24.2. The Morgan fingerprint density at radius 1 is 1.00 bits per heavy atom. The van der Waals surface area contributed by atoms with E-state index in [0.29, 0.717) is 16.7 Å². The summed E-state index contributed by atoms with van der Waals surface area (Å²) in [6.07, 6.45) is -4.25. The molecule has 0 aliphatic carbocycles. The van der Waals surface area contributed by atoms with Crippen molar-refractivity contribution in [3.05, 3.63) is 70.8 Å². The molecule has 0 saturated carbocycles. The first-order valence-corrected chi connectivity index (χ1v) is 9.91. The standard InChI is InChI=1S/C23H25F3N4O3/c1-22(2,27)19(21(32)30-33)29-20(31)18-11-9-16(10-12-18)4-3-15-5-7-17(8-6-15)13-28-14-23(24,25)26/h5-12,19,28,33H,13-14,27H2,1-2H3,(H,29,31)(H,30,32). The average molecular weight is 462 g/mol. The van der Waals surface area contributed by atoms with Crippen molar-refractivity contribution in [2.45, 2.75) is 38.1 Å². The molecule has 0 aliphatic rings. The molecule has 1 unspecified atom stereocenters. The highest BCUT2D eigenvalue weighted by Crippen LogP contribution is 2.13. The van der Waals surface area contributed by atoms with Crippen molar-refractivity contribution in [3.8, 4) is 11.8 Å². The van der Waals surface area contributed by atoms with E-state index < -0.39 is 36.1 Å². The van der Waals surface area contributed by atoms with Gasteiger partial charge in [-0.25, -0.2) is 5.48 Å². The molecule has 176 valence electrons. The smallest absolute Gasteiger partial charge is 0.338 e. The van der Waals surface area contributed by atoms with Crippen LogP contribution < -0.4 is 21.8 Å². The molecule has 1 atom stereocenters. The zero-order valence-electron chi connectivity index (χ0n) is 18.1. The second kappa shape index (κ2) is 11.0. The molecule has 0 heterocycles. The fraction of sp³-hybridized carbons (Fsp3) is 0.304. The van der Waals surface area contributed by atoms with Crippen LogP contribution in [0.4, 0.5) is 13.2 Å². The predicted octanol–water partition coefficient (Wildman–Crippen LogP) is 2.08. The Hall–Kier alpha value is -3.39. The number of carbonyl (C=O) groups excluding carboxylic acids is 2. The van der Waals surface area contributed by atoms with Gasteiger partial charge >= 0.3 is 6.18 Å². The van der Waals surface area contributed by atoms with Crippen LogP contribution in [0.25, 0.3) is 0 Å². The molecule has 2 aromatic rings. The van der Waals surface area contributed by atoms with Crippen molar-refractivity contribution in [3.63, 3.8) is 0 Å². The Morgan fingerprint density at radius 2 is 1.52 bits per heavy atom. The first-order valence-electron chi connectivity index (χ1n) is 9.91. The molecule has 7 nitrogen and oxygen atoms in total. The van der Waals surface area contributed by atoms with Gasteiger partial charge in [0.2, 0.25) is 0 Å². The Balaban J connectivity index is 1.99. The average Bonchev–Trinajstić information content (AvgIpc) is 2.75. The number of benzene rings is 2. The van der Waals surface area contributed by atoms with Gasteiger partial charge in [0.1, 0.15) is 6.04 Å². The number of hydrogen-bond acceptors (Lipinski definition) is 5. The van der Waals surface area contributed by atoms with E-state index in [4.69, 9.17) is 10.9 Å². The number of halogens is 3. The van der Waals surface area contributed by atoms with Crippen molar-refractivity contribution in [1.29, 1.82) is 0 Å². The van der Waals surface area contributed by atoms with Crippen molar-refractivity contribution >= 4 is 11.8 Å². The lowest BCUT2D eigenvalue weighted by Gasteiger charge is -2.29. The third kappa shape index (κ3) is 8.57. The van der Waals surface area contributed by atoms with Crippen molar-refractivity contribution in [2.75, 3.05) is 6.54 Å². The van der Waals surface area contributed by atoms with Gasteiger partial charge in [0.05, 0.1) is 6.54 Å². The van der Waals surface area contributed by atoms with Gasteiger partial charge in [0.15, 0.2) is 0 Å². The Kier molecular flexibility index (Phi) is 8.59. The van der Waals surface area contributed by atoms with Crippen LogP contribution in [0, 0.1) is 11.8 Å². The molecule has 33 heavy (non-hydrogen) atoms. The maximum absolute atomic E-state index is 12.4. The molecule has 0 aliphatic heterocycles. The number of carbonyl (C=O) groups is 2. The minimum atomic E-state index is -4.25. The Morgan fingerprint density at radius 3 is 1.97 bits per heavy atom. The largest absolute Gasteiger partial charge is 0.401 e. The molecule has 0 fully saturated rings. The van der Waals surface area contributed by atoms with Gasteiger partial charge in [0, 0.05) is 28.8 Å². The molecule has 0 aromatic heterocycles. The van der Waals surface area contributed by atoms with Crippen molar-refractivity contribution < 1.29 is 28.0 Å². The topological polar surface area (TPSA) is 116 Å². The highest BCUT2D eigenvalue weighted by molar-refractivity contribution is 5.97. The first-order chi connectivity index (χ1) is 15.4. The Bertz CT molecular complexity index is 1020. The van der Waals surface area contributed by atoms with E-state index in [2.05, 4.69) is 22.5 Å². The van der Waals surface area contributed by atoms with Gasteiger partial charge in [-0.15, -0.1) is 0 Å². The summed E-state index contributed by atoms with van der Waals surface area (Å²) in [6.45, 7) is 2.12. The minimum Gasteiger partial charge on any atom is -0.338 e.